The number of methoxy groups -OCH3 is 1. The number of nitrogens with zero attached hydrogens (tertiary/aromatic N) is 2. The van der Waals surface area contributed by atoms with Gasteiger partial charge in [0.15, 0.2) is 11.5 Å². The van der Waals surface area contributed by atoms with Gasteiger partial charge in [-0.05, 0) is 35.4 Å². The van der Waals surface area contributed by atoms with Crippen molar-refractivity contribution in [2.45, 2.75) is 31.4 Å². The van der Waals surface area contributed by atoms with Gasteiger partial charge in [-0.2, -0.15) is 0 Å². The number of carboxylic acid groups (broad SMARTS) is 1. The fourth-order valence-electron chi connectivity index (χ4n) is 4.70. The van der Waals surface area contributed by atoms with E-state index in [9.17, 15) is 14.7 Å². The zero-order chi connectivity index (χ0) is 24.2. The van der Waals surface area contributed by atoms with Crippen LogP contribution in [0.3, 0.4) is 0 Å². The van der Waals surface area contributed by atoms with Gasteiger partial charge >= 0.3 is 6.16 Å². The van der Waals surface area contributed by atoms with Crippen LogP contribution in [0.25, 0.3) is 0 Å². The molecule has 2 aromatic carbocycles. The summed E-state index contributed by atoms with van der Waals surface area (Å²) in [5.41, 5.74) is 1.83. The molecule has 0 bridgehead atoms. The standard InChI is InChI=1S/C25H30N2O7/c1-4-22(28)26(2)11-12-27-14-19(17-7-10-20-21(13-17)33-15-32-20)24(34-25(29)30)23(27)16-5-8-18(31-3)9-6-16/h5-10,13,19,23-24H,4,11-12,14-15H2,1-3H3,(H,29,30)/t19-,23-,24+/m1/s1. The van der Waals surface area contributed by atoms with Crippen molar-refractivity contribution in [3.63, 3.8) is 0 Å². The Hall–Kier alpha value is -3.46. The van der Waals surface area contributed by atoms with Gasteiger partial charge in [-0.25, -0.2) is 4.79 Å². The molecule has 2 aliphatic rings. The lowest BCUT2D eigenvalue weighted by Crippen LogP contribution is -2.37. The predicted molar refractivity (Wildman–Crippen MR) is 123 cm³/mol. The highest BCUT2D eigenvalue weighted by Gasteiger charge is 2.46. The molecule has 1 amide bonds. The summed E-state index contributed by atoms with van der Waals surface area (Å²) in [7, 11) is 3.38. The Morgan fingerprint density at radius 2 is 1.82 bits per heavy atom. The Balaban J connectivity index is 1.68. The maximum Gasteiger partial charge on any atom is 0.506 e. The summed E-state index contributed by atoms with van der Waals surface area (Å²) >= 11 is 0. The van der Waals surface area contributed by atoms with Crippen LogP contribution in [-0.2, 0) is 9.53 Å². The van der Waals surface area contributed by atoms with Gasteiger partial charge in [0, 0.05) is 39.0 Å². The molecule has 9 nitrogen and oxygen atoms in total. The molecular formula is C25H30N2O7. The van der Waals surface area contributed by atoms with Crippen molar-refractivity contribution in [3.8, 4) is 17.2 Å². The Morgan fingerprint density at radius 3 is 2.50 bits per heavy atom. The Kier molecular flexibility index (Phi) is 7.12. The summed E-state index contributed by atoms with van der Waals surface area (Å²) in [5.74, 6) is 1.85. The summed E-state index contributed by atoms with van der Waals surface area (Å²) in [4.78, 5) is 27.7. The number of hydrogen-bond donors (Lipinski definition) is 1. The number of ether oxygens (including phenoxy) is 4. The lowest BCUT2D eigenvalue weighted by molar-refractivity contribution is -0.129. The number of benzene rings is 2. The number of amides is 1. The first-order valence-electron chi connectivity index (χ1n) is 11.3. The SMILES string of the molecule is CCC(=O)N(C)CCN1C[C@H](c2ccc3c(c2)OCO3)[C@H](OC(=O)O)[C@H]1c1ccc(OC)cc1. The first-order chi connectivity index (χ1) is 16.4. The monoisotopic (exact) mass is 470 g/mol. The quantitative estimate of drug-likeness (QED) is 0.586. The molecule has 3 atom stereocenters. The molecule has 2 aliphatic heterocycles. The van der Waals surface area contributed by atoms with Gasteiger partial charge in [0.1, 0.15) is 11.9 Å². The third kappa shape index (κ3) is 4.89. The highest BCUT2D eigenvalue weighted by Crippen LogP contribution is 2.45. The van der Waals surface area contributed by atoms with Crippen LogP contribution in [-0.4, -0.2) is 73.7 Å². The molecule has 4 rings (SSSR count). The van der Waals surface area contributed by atoms with Gasteiger partial charge in [0.25, 0.3) is 0 Å². The van der Waals surface area contributed by atoms with Gasteiger partial charge in [0.2, 0.25) is 12.7 Å². The lowest BCUT2D eigenvalue weighted by atomic mass is 9.90. The van der Waals surface area contributed by atoms with Crippen molar-refractivity contribution >= 4 is 12.1 Å². The van der Waals surface area contributed by atoms with Crippen molar-refractivity contribution in [1.82, 2.24) is 9.80 Å². The van der Waals surface area contributed by atoms with E-state index in [0.717, 1.165) is 11.1 Å². The van der Waals surface area contributed by atoms with Crippen LogP contribution < -0.4 is 14.2 Å². The van der Waals surface area contributed by atoms with Crippen molar-refractivity contribution in [1.29, 1.82) is 0 Å². The second kappa shape index (κ2) is 10.2. The van der Waals surface area contributed by atoms with Crippen molar-refractivity contribution in [3.05, 3.63) is 53.6 Å². The third-order valence-electron chi connectivity index (χ3n) is 6.50. The Bertz CT molecular complexity index is 1030. The highest BCUT2D eigenvalue weighted by molar-refractivity contribution is 5.75. The summed E-state index contributed by atoms with van der Waals surface area (Å²) < 4.78 is 21.8. The molecule has 0 unspecified atom stereocenters. The molecule has 0 radical (unpaired) electrons. The molecular weight excluding hydrogens is 440 g/mol. The molecule has 1 fully saturated rings. The van der Waals surface area contributed by atoms with E-state index in [0.29, 0.717) is 43.3 Å². The number of carbonyl (C=O) groups is 2. The van der Waals surface area contributed by atoms with Crippen molar-refractivity contribution in [2.24, 2.45) is 0 Å². The van der Waals surface area contributed by atoms with Crippen LogP contribution in [0.4, 0.5) is 4.79 Å². The van der Waals surface area contributed by atoms with E-state index in [2.05, 4.69) is 4.90 Å². The predicted octanol–water partition coefficient (Wildman–Crippen LogP) is 3.50. The number of rotatable bonds is 8. The van der Waals surface area contributed by atoms with Crippen LogP contribution >= 0.6 is 0 Å². The normalized spacial score (nSPS) is 21.3. The first kappa shape index (κ1) is 23.7. The topological polar surface area (TPSA) is 97.8 Å². The molecule has 0 saturated carbocycles. The maximum absolute atomic E-state index is 12.1. The fourth-order valence-corrected chi connectivity index (χ4v) is 4.70. The molecule has 0 aliphatic carbocycles. The van der Waals surface area contributed by atoms with Gasteiger partial charge in [-0.3, -0.25) is 9.69 Å². The number of hydrogen-bond acceptors (Lipinski definition) is 7. The van der Waals surface area contributed by atoms with E-state index in [1.807, 2.05) is 49.4 Å². The van der Waals surface area contributed by atoms with Crippen molar-refractivity contribution < 1.29 is 33.6 Å². The van der Waals surface area contributed by atoms with Crippen LogP contribution in [0.5, 0.6) is 17.2 Å². The Morgan fingerprint density at radius 1 is 1.12 bits per heavy atom. The second-order valence-corrected chi connectivity index (χ2v) is 8.45. The van der Waals surface area contributed by atoms with E-state index >= 15 is 0 Å². The molecule has 1 saturated heterocycles. The maximum atomic E-state index is 12.1. The summed E-state index contributed by atoms with van der Waals surface area (Å²) in [6.07, 6.45) is -1.55. The van der Waals surface area contributed by atoms with Crippen LogP contribution in [0.15, 0.2) is 42.5 Å². The van der Waals surface area contributed by atoms with E-state index < -0.39 is 12.3 Å². The first-order valence-corrected chi connectivity index (χ1v) is 11.3. The van der Waals surface area contributed by atoms with E-state index in [1.54, 1.807) is 19.1 Å². The van der Waals surface area contributed by atoms with E-state index in [-0.39, 0.29) is 24.7 Å². The largest absolute Gasteiger partial charge is 0.506 e. The molecule has 34 heavy (non-hydrogen) atoms. The zero-order valence-electron chi connectivity index (χ0n) is 19.6. The molecule has 2 heterocycles. The average Bonchev–Trinajstić information content (AvgIpc) is 3.45. The smallest absolute Gasteiger partial charge is 0.497 e. The van der Waals surface area contributed by atoms with Gasteiger partial charge in [-0.1, -0.05) is 25.1 Å². The number of likely N-dealkylation sites (N-methyl/N-ethyl adjacent to an activating group) is 1. The highest BCUT2D eigenvalue weighted by atomic mass is 16.7. The number of likely N-dealkylation sites (tertiary alicyclic amines) is 1. The zero-order valence-corrected chi connectivity index (χ0v) is 19.6. The molecule has 0 aromatic heterocycles. The molecule has 182 valence electrons. The van der Waals surface area contributed by atoms with Crippen LogP contribution in [0.1, 0.15) is 36.4 Å². The third-order valence-corrected chi connectivity index (χ3v) is 6.50. The van der Waals surface area contributed by atoms with E-state index in [1.165, 1.54) is 0 Å². The van der Waals surface area contributed by atoms with Gasteiger partial charge < -0.3 is 29.0 Å². The molecule has 0 spiro atoms. The van der Waals surface area contributed by atoms with Crippen LogP contribution in [0, 0.1) is 0 Å². The van der Waals surface area contributed by atoms with E-state index in [4.69, 9.17) is 18.9 Å². The van der Waals surface area contributed by atoms with Gasteiger partial charge in [-0.15, -0.1) is 0 Å². The lowest BCUT2D eigenvalue weighted by Gasteiger charge is -2.29. The number of carbonyl (C=O) groups excluding carboxylic acids is 1. The fraction of sp³-hybridized carbons (Fsp3) is 0.440. The average molecular weight is 471 g/mol. The van der Waals surface area contributed by atoms with Crippen LogP contribution in [0.2, 0.25) is 0 Å². The number of fused-ring (bicyclic) bond motifs is 1. The van der Waals surface area contributed by atoms with Gasteiger partial charge in [0.05, 0.1) is 13.2 Å². The minimum atomic E-state index is -1.32. The molecule has 2 aromatic rings. The summed E-state index contributed by atoms with van der Waals surface area (Å²) in [5, 5.41) is 9.59. The summed E-state index contributed by atoms with van der Waals surface area (Å²) in [6.45, 7) is 3.65. The second-order valence-electron chi connectivity index (χ2n) is 8.45. The Labute approximate surface area is 198 Å². The molecule has 1 N–H and O–H groups in total. The van der Waals surface area contributed by atoms with Crippen molar-refractivity contribution in [2.75, 3.05) is 40.6 Å². The summed E-state index contributed by atoms with van der Waals surface area (Å²) in [6, 6.07) is 12.9. The minimum absolute atomic E-state index is 0.0610. The minimum Gasteiger partial charge on any atom is -0.497 e. The molecule has 9 heteroatoms.